The van der Waals surface area contributed by atoms with Crippen LogP contribution in [0.2, 0.25) is 0 Å². The molecule has 4 N–H and O–H groups in total. The minimum atomic E-state index is -0.507. The lowest BCUT2D eigenvalue weighted by Gasteiger charge is -2.26. The van der Waals surface area contributed by atoms with Gasteiger partial charge in [0, 0.05) is 5.56 Å². The summed E-state index contributed by atoms with van der Waals surface area (Å²) in [6.07, 6.45) is 0.617. The van der Waals surface area contributed by atoms with Gasteiger partial charge in [-0.25, -0.2) is 0 Å². The van der Waals surface area contributed by atoms with Gasteiger partial charge in [0.15, 0.2) is 5.84 Å². The Bertz CT molecular complexity index is 502. The molecule has 0 saturated heterocycles. The van der Waals surface area contributed by atoms with Crippen molar-refractivity contribution in [2.75, 3.05) is 6.61 Å². The number of nitrogens with one attached hydrogen (secondary N) is 1. The van der Waals surface area contributed by atoms with Crippen molar-refractivity contribution in [1.29, 1.82) is 0 Å². The van der Waals surface area contributed by atoms with Crippen LogP contribution in [0.3, 0.4) is 0 Å². The zero-order valence-corrected chi connectivity index (χ0v) is 10.7. The van der Waals surface area contributed by atoms with Crippen molar-refractivity contribution in [3.8, 4) is 5.75 Å². The molecule has 6 nitrogen and oxygen atoms in total. The van der Waals surface area contributed by atoms with E-state index in [4.69, 9.17) is 15.7 Å². The molecule has 0 saturated carbocycles. The normalized spacial score (nSPS) is 20.1. The van der Waals surface area contributed by atoms with E-state index in [1.165, 1.54) is 0 Å². The standard InChI is InChI=1S/C13H17N3O3/c1-8(12(14)16-18)15-13(17)10-6-7-19-11-5-3-2-4-9(10)11/h2-5,8,10,18H,6-7H2,1H3,(H2,14,16)(H,15,17). The molecular formula is C13H17N3O3. The van der Waals surface area contributed by atoms with E-state index in [1.807, 2.05) is 24.3 Å². The maximum atomic E-state index is 12.2. The molecule has 1 heterocycles. The van der Waals surface area contributed by atoms with Gasteiger partial charge in [-0.15, -0.1) is 0 Å². The smallest absolute Gasteiger partial charge is 0.228 e. The third kappa shape index (κ3) is 2.78. The summed E-state index contributed by atoms with van der Waals surface area (Å²) in [5.41, 5.74) is 6.32. The zero-order chi connectivity index (χ0) is 13.8. The van der Waals surface area contributed by atoms with E-state index < -0.39 is 6.04 Å². The molecule has 0 fully saturated rings. The Kier molecular flexibility index (Phi) is 3.89. The Balaban J connectivity index is 2.13. The lowest BCUT2D eigenvalue weighted by molar-refractivity contribution is -0.123. The molecule has 19 heavy (non-hydrogen) atoms. The van der Waals surface area contributed by atoms with Gasteiger partial charge in [0.05, 0.1) is 18.6 Å². The molecule has 0 bridgehead atoms. The Morgan fingerprint density at radius 3 is 3.05 bits per heavy atom. The molecule has 0 spiro atoms. The number of rotatable bonds is 3. The number of amidine groups is 1. The van der Waals surface area contributed by atoms with Crippen LogP contribution < -0.4 is 15.8 Å². The van der Waals surface area contributed by atoms with Gasteiger partial charge < -0.3 is 21.0 Å². The zero-order valence-electron chi connectivity index (χ0n) is 10.7. The molecule has 1 aliphatic heterocycles. The minimum Gasteiger partial charge on any atom is -0.493 e. The van der Waals surface area contributed by atoms with E-state index in [2.05, 4.69) is 10.5 Å². The number of hydrogen-bond acceptors (Lipinski definition) is 4. The fourth-order valence-electron chi connectivity index (χ4n) is 2.09. The molecule has 0 aromatic heterocycles. The number of amides is 1. The Morgan fingerprint density at radius 2 is 2.32 bits per heavy atom. The SMILES string of the molecule is CC(NC(=O)C1CCOc2ccccc21)C(N)=NO. The number of carbonyl (C=O) groups excluding carboxylic acids is 1. The van der Waals surface area contributed by atoms with Gasteiger partial charge in [-0.05, 0) is 19.4 Å². The summed E-state index contributed by atoms with van der Waals surface area (Å²) in [5.74, 6) is 0.313. The van der Waals surface area contributed by atoms with E-state index in [0.717, 1.165) is 11.3 Å². The van der Waals surface area contributed by atoms with Crippen molar-refractivity contribution in [3.63, 3.8) is 0 Å². The molecule has 1 aromatic carbocycles. The molecular weight excluding hydrogens is 246 g/mol. The molecule has 0 radical (unpaired) electrons. The molecule has 1 aromatic rings. The van der Waals surface area contributed by atoms with Crippen molar-refractivity contribution < 1.29 is 14.7 Å². The van der Waals surface area contributed by atoms with Gasteiger partial charge in [0.1, 0.15) is 5.75 Å². The van der Waals surface area contributed by atoms with E-state index in [1.54, 1.807) is 6.92 Å². The van der Waals surface area contributed by atoms with Crippen LogP contribution in [0.25, 0.3) is 0 Å². The Labute approximate surface area is 111 Å². The van der Waals surface area contributed by atoms with Crippen LogP contribution in [0.5, 0.6) is 5.75 Å². The highest BCUT2D eigenvalue weighted by molar-refractivity contribution is 5.92. The molecule has 102 valence electrons. The fraction of sp³-hybridized carbons (Fsp3) is 0.385. The van der Waals surface area contributed by atoms with Crippen molar-refractivity contribution in [1.82, 2.24) is 5.32 Å². The summed E-state index contributed by atoms with van der Waals surface area (Å²) in [4.78, 5) is 12.2. The molecule has 2 atom stereocenters. The van der Waals surface area contributed by atoms with E-state index in [0.29, 0.717) is 13.0 Å². The summed E-state index contributed by atoms with van der Waals surface area (Å²) in [5, 5.41) is 14.2. The van der Waals surface area contributed by atoms with Gasteiger partial charge in [-0.3, -0.25) is 4.79 Å². The second-order valence-corrected chi connectivity index (χ2v) is 4.48. The number of nitrogens with zero attached hydrogens (tertiary/aromatic N) is 1. The van der Waals surface area contributed by atoms with Gasteiger partial charge in [0.2, 0.25) is 5.91 Å². The van der Waals surface area contributed by atoms with Gasteiger partial charge >= 0.3 is 0 Å². The summed E-state index contributed by atoms with van der Waals surface area (Å²) >= 11 is 0. The minimum absolute atomic E-state index is 0.0197. The van der Waals surface area contributed by atoms with Crippen molar-refractivity contribution in [2.45, 2.75) is 25.3 Å². The Hall–Kier alpha value is -2.24. The first-order valence-electron chi connectivity index (χ1n) is 6.13. The van der Waals surface area contributed by atoms with Crippen LogP contribution in [0.4, 0.5) is 0 Å². The predicted octanol–water partition coefficient (Wildman–Crippen LogP) is 0.804. The number of hydrogen-bond donors (Lipinski definition) is 3. The lowest BCUT2D eigenvalue weighted by Crippen LogP contribution is -2.45. The van der Waals surface area contributed by atoms with Crippen LogP contribution in [-0.4, -0.2) is 29.6 Å². The molecule has 0 aliphatic carbocycles. The third-order valence-electron chi connectivity index (χ3n) is 3.19. The molecule has 2 rings (SSSR count). The third-order valence-corrected chi connectivity index (χ3v) is 3.19. The average Bonchev–Trinajstić information content (AvgIpc) is 2.45. The van der Waals surface area contributed by atoms with Crippen LogP contribution >= 0.6 is 0 Å². The fourth-order valence-corrected chi connectivity index (χ4v) is 2.09. The first kappa shape index (κ1) is 13.2. The number of fused-ring (bicyclic) bond motifs is 1. The highest BCUT2D eigenvalue weighted by atomic mass is 16.5. The van der Waals surface area contributed by atoms with E-state index in [9.17, 15) is 4.79 Å². The van der Waals surface area contributed by atoms with Gasteiger partial charge in [-0.1, -0.05) is 23.4 Å². The number of oxime groups is 1. The van der Waals surface area contributed by atoms with Crippen LogP contribution in [0.15, 0.2) is 29.4 Å². The molecule has 1 amide bonds. The summed E-state index contributed by atoms with van der Waals surface area (Å²) < 4.78 is 5.51. The maximum absolute atomic E-state index is 12.2. The summed E-state index contributed by atoms with van der Waals surface area (Å²) in [7, 11) is 0. The second-order valence-electron chi connectivity index (χ2n) is 4.48. The van der Waals surface area contributed by atoms with Crippen LogP contribution in [-0.2, 0) is 4.79 Å². The number of benzene rings is 1. The molecule has 2 unspecified atom stereocenters. The van der Waals surface area contributed by atoms with E-state index in [-0.39, 0.29) is 17.7 Å². The number of nitrogens with two attached hydrogens (primary N) is 1. The highest BCUT2D eigenvalue weighted by Crippen LogP contribution is 2.33. The monoisotopic (exact) mass is 263 g/mol. The first-order chi connectivity index (χ1) is 9.13. The van der Waals surface area contributed by atoms with Crippen molar-refractivity contribution >= 4 is 11.7 Å². The quantitative estimate of drug-likeness (QED) is 0.325. The van der Waals surface area contributed by atoms with Crippen LogP contribution in [0, 0.1) is 0 Å². The van der Waals surface area contributed by atoms with Gasteiger partial charge in [0.25, 0.3) is 0 Å². The topological polar surface area (TPSA) is 96.9 Å². The van der Waals surface area contributed by atoms with Crippen LogP contribution in [0.1, 0.15) is 24.8 Å². The number of para-hydroxylation sites is 1. The largest absolute Gasteiger partial charge is 0.493 e. The molecule has 6 heteroatoms. The lowest BCUT2D eigenvalue weighted by atomic mass is 9.92. The second kappa shape index (κ2) is 5.60. The predicted molar refractivity (Wildman–Crippen MR) is 70.3 cm³/mol. The van der Waals surface area contributed by atoms with Crippen molar-refractivity contribution in [3.05, 3.63) is 29.8 Å². The highest BCUT2D eigenvalue weighted by Gasteiger charge is 2.28. The number of ether oxygens (including phenoxy) is 1. The maximum Gasteiger partial charge on any atom is 0.228 e. The van der Waals surface area contributed by atoms with Gasteiger partial charge in [-0.2, -0.15) is 0 Å². The number of carbonyl (C=O) groups is 1. The molecule has 1 aliphatic rings. The van der Waals surface area contributed by atoms with Crippen molar-refractivity contribution in [2.24, 2.45) is 10.9 Å². The average molecular weight is 263 g/mol. The summed E-state index contributed by atoms with van der Waals surface area (Å²) in [6, 6.07) is 6.97. The summed E-state index contributed by atoms with van der Waals surface area (Å²) in [6.45, 7) is 2.17. The van der Waals surface area contributed by atoms with E-state index >= 15 is 0 Å². The Morgan fingerprint density at radius 1 is 1.58 bits per heavy atom. The first-order valence-corrected chi connectivity index (χ1v) is 6.13.